The summed E-state index contributed by atoms with van der Waals surface area (Å²) in [5, 5.41) is 7.52. The molecule has 2 aromatic rings. The van der Waals surface area contributed by atoms with E-state index < -0.39 is 0 Å². The number of halogens is 3. The minimum atomic E-state index is -0.186. The minimum absolute atomic E-state index is 0. The molecular weight excluding hydrogens is 506 g/mol. The first-order valence-electron chi connectivity index (χ1n) is 7.31. The molecule has 0 saturated carbocycles. The van der Waals surface area contributed by atoms with Crippen molar-refractivity contribution < 1.29 is 4.39 Å². The van der Waals surface area contributed by atoms with Crippen LogP contribution in [-0.2, 0) is 13.0 Å². The lowest BCUT2D eigenvalue weighted by atomic mass is 10.1. The van der Waals surface area contributed by atoms with Gasteiger partial charge in [0.05, 0.1) is 17.2 Å². The van der Waals surface area contributed by atoms with Crippen molar-refractivity contribution in [2.75, 3.05) is 13.6 Å². The second-order valence-corrected chi connectivity index (χ2v) is 7.28. The molecule has 1 aromatic carbocycles. The molecule has 2 rings (SSSR count). The van der Waals surface area contributed by atoms with E-state index in [-0.39, 0.29) is 29.8 Å². The second-order valence-electron chi connectivity index (χ2n) is 5.08. The van der Waals surface area contributed by atoms with Crippen molar-refractivity contribution in [3.05, 3.63) is 49.6 Å². The molecular formula is C16H21BrFIN4S. The first-order valence-corrected chi connectivity index (χ1v) is 8.92. The molecule has 0 unspecified atom stereocenters. The predicted molar refractivity (Wildman–Crippen MR) is 113 cm³/mol. The Morgan fingerprint density at radius 3 is 2.71 bits per heavy atom. The van der Waals surface area contributed by atoms with Crippen molar-refractivity contribution in [3.63, 3.8) is 0 Å². The molecule has 2 N–H and O–H groups in total. The normalized spacial score (nSPS) is 11.1. The highest BCUT2D eigenvalue weighted by atomic mass is 127. The molecule has 0 saturated heterocycles. The minimum Gasteiger partial charge on any atom is -0.356 e. The number of aromatic nitrogens is 1. The summed E-state index contributed by atoms with van der Waals surface area (Å²) in [6.07, 6.45) is 0.588. The van der Waals surface area contributed by atoms with E-state index in [1.807, 2.05) is 13.8 Å². The molecule has 0 bridgehead atoms. The topological polar surface area (TPSA) is 49.3 Å². The van der Waals surface area contributed by atoms with Crippen LogP contribution in [0.5, 0.6) is 0 Å². The van der Waals surface area contributed by atoms with Crippen molar-refractivity contribution in [2.45, 2.75) is 26.8 Å². The Hall–Kier alpha value is -0.740. The van der Waals surface area contributed by atoms with Crippen LogP contribution in [0.1, 0.15) is 21.1 Å². The number of aryl methyl sites for hydroxylation is 2. The maximum Gasteiger partial charge on any atom is 0.191 e. The van der Waals surface area contributed by atoms with Crippen LogP contribution in [0.2, 0.25) is 0 Å². The molecule has 4 nitrogen and oxygen atoms in total. The standard InChI is InChI=1S/C16H20BrFN4S.HI/c1-10-15(23-11(2)22-10)9-21-16(19-3)20-7-6-12-8-13(17)4-5-14(12)18;/h4-5,8H,6-7,9H2,1-3H3,(H2,19,20,21);1H. The summed E-state index contributed by atoms with van der Waals surface area (Å²) < 4.78 is 14.6. The number of hydrogen-bond acceptors (Lipinski definition) is 3. The maximum atomic E-state index is 13.7. The van der Waals surface area contributed by atoms with Gasteiger partial charge in [0.15, 0.2) is 5.96 Å². The highest BCUT2D eigenvalue weighted by Gasteiger charge is 2.07. The molecule has 0 aliphatic carbocycles. The van der Waals surface area contributed by atoms with Crippen LogP contribution in [0.3, 0.4) is 0 Å². The molecule has 1 heterocycles. The summed E-state index contributed by atoms with van der Waals surface area (Å²) in [4.78, 5) is 9.79. The maximum absolute atomic E-state index is 13.7. The Kier molecular flexibility index (Phi) is 9.14. The van der Waals surface area contributed by atoms with Crippen LogP contribution >= 0.6 is 51.2 Å². The predicted octanol–water partition coefficient (Wildman–Crippen LogP) is 4.19. The molecule has 0 atom stereocenters. The zero-order valence-corrected chi connectivity index (χ0v) is 18.6. The van der Waals surface area contributed by atoms with E-state index >= 15 is 0 Å². The SMILES string of the molecule is CN=C(NCCc1cc(Br)ccc1F)NCc1sc(C)nc1C.I. The third kappa shape index (κ3) is 6.29. The largest absolute Gasteiger partial charge is 0.356 e. The molecule has 0 spiro atoms. The van der Waals surface area contributed by atoms with Crippen LogP contribution in [0.4, 0.5) is 4.39 Å². The summed E-state index contributed by atoms with van der Waals surface area (Å²) >= 11 is 5.04. The summed E-state index contributed by atoms with van der Waals surface area (Å²) in [5.74, 6) is 0.513. The Labute approximate surface area is 171 Å². The summed E-state index contributed by atoms with van der Waals surface area (Å²) in [6, 6.07) is 4.98. The van der Waals surface area contributed by atoms with Gasteiger partial charge in [0, 0.05) is 22.9 Å². The number of guanidine groups is 1. The number of nitrogens with one attached hydrogen (secondary N) is 2. The van der Waals surface area contributed by atoms with Gasteiger partial charge >= 0.3 is 0 Å². The van der Waals surface area contributed by atoms with Gasteiger partial charge in [-0.1, -0.05) is 15.9 Å². The number of hydrogen-bond donors (Lipinski definition) is 2. The van der Waals surface area contributed by atoms with Gasteiger partial charge in [-0.25, -0.2) is 9.37 Å². The van der Waals surface area contributed by atoms with Crippen molar-refractivity contribution in [1.29, 1.82) is 0 Å². The van der Waals surface area contributed by atoms with Gasteiger partial charge in [-0.3, -0.25) is 4.99 Å². The number of benzene rings is 1. The Balaban J connectivity index is 0.00000288. The number of nitrogens with zero attached hydrogens (tertiary/aromatic N) is 2. The number of thiazole rings is 1. The van der Waals surface area contributed by atoms with E-state index in [1.54, 1.807) is 30.5 Å². The van der Waals surface area contributed by atoms with Crippen LogP contribution in [0, 0.1) is 19.7 Å². The summed E-state index contributed by atoms with van der Waals surface area (Å²) in [5.41, 5.74) is 1.72. The Morgan fingerprint density at radius 1 is 1.33 bits per heavy atom. The Bertz CT molecular complexity index is 705. The van der Waals surface area contributed by atoms with E-state index in [1.165, 1.54) is 10.9 Å². The smallest absolute Gasteiger partial charge is 0.191 e. The van der Waals surface area contributed by atoms with Gasteiger partial charge in [-0.2, -0.15) is 0 Å². The molecule has 0 radical (unpaired) electrons. The highest BCUT2D eigenvalue weighted by Crippen LogP contribution is 2.17. The highest BCUT2D eigenvalue weighted by molar-refractivity contribution is 14.0. The molecule has 132 valence electrons. The third-order valence-corrected chi connectivity index (χ3v) is 4.90. The van der Waals surface area contributed by atoms with Crippen LogP contribution in [-0.4, -0.2) is 24.5 Å². The van der Waals surface area contributed by atoms with E-state index in [0.29, 0.717) is 31.0 Å². The van der Waals surface area contributed by atoms with Gasteiger partial charge in [-0.05, 0) is 44.0 Å². The Morgan fingerprint density at radius 2 is 2.08 bits per heavy atom. The third-order valence-electron chi connectivity index (χ3n) is 3.33. The fourth-order valence-corrected chi connectivity index (χ4v) is 3.46. The van der Waals surface area contributed by atoms with Gasteiger partial charge in [0.1, 0.15) is 5.82 Å². The first-order chi connectivity index (χ1) is 11.0. The molecule has 0 fully saturated rings. The van der Waals surface area contributed by atoms with Crippen LogP contribution < -0.4 is 10.6 Å². The lowest BCUT2D eigenvalue weighted by Crippen LogP contribution is -2.37. The van der Waals surface area contributed by atoms with Gasteiger partial charge in [0.25, 0.3) is 0 Å². The molecule has 8 heteroatoms. The van der Waals surface area contributed by atoms with E-state index in [0.717, 1.165) is 15.2 Å². The molecule has 0 aliphatic rings. The van der Waals surface area contributed by atoms with Crippen molar-refractivity contribution in [2.24, 2.45) is 4.99 Å². The fourth-order valence-electron chi connectivity index (χ4n) is 2.17. The average molecular weight is 527 g/mol. The van der Waals surface area contributed by atoms with Crippen molar-refractivity contribution in [1.82, 2.24) is 15.6 Å². The van der Waals surface area contributed by atoms with Gasteiger partial charge < -0.3 is 10.6 Å². The quantitative estimate of drug-likeness (QED) is 0.349. The zero-order valence-electron chi connectivity index (χ0n) is 13.8. The molecule has 24 heavy (non-hydrogen) atoms. The molecule has 1 aromatic heterocycles. The summed E-state index contributed by atoms with van der Waals surface area (Å²) in [7, 11) is 1.72. The monoisotopic (exact) mass is 526 g/mol. The molecule has 0 amide bonds. The lowest BCUT2D eigenvalue weighted by molar-refractivity contribution is 0.606. The summed E-state index contributed by atoms with van der Waals surface area (Å²) in [6.45, 7) is 5.30. The number of rotatable bonds is 5. The first kappa shape index (κ1) is 21.3. The second kappa shape index (κ2) is 10.3. The average Bonchev–Trinajstić information content (AvgIpc) is 2.84. The lowest BCUT2D eigenvalue weighted by Gasteiger charge is -2.12. The van der Waals surface area contributed by atoms with E-state index in [2.05, 4.69) is 36.5 Å². The van der Waals surface area contributed by atoms with Crippen LogP contribution in [0.25, 0.3) is 0 Å². The van der Waals surface area contributed by atoms with Crippen molar-refractivity contribution >= 4 is 57.2 Å². The fraction of sp³-hybridized carbons (Fsp3) is 0.375. The van der Waals surface area contributed by atoms with Crippen molar-refractivity contribution in [3.8, 4) is 0 Å². The van der Waals surface area contributed by atoms with Gasteiger partial charge in [0.2, 0.25) is 0 Å². The number of aliphatic imine (C=N–C) groups is 1. The molecule has 0 aliphatic heterocycles. The van der Waals surface area contributed by atoms with Gasteiger partial charge in [-0.15, -0.1) is 35.3 Å². The van der Waals surface area contributed by atoms with Crippen LogP contribution in [0.15, 0.2) is 27.7 Å². The zero-order chi connectivity index (χ0) is 16.8. The van der Waals surface area contributed by atoms with E-state index in [9.17, 15) is 4.39 Å². The van der Waals surface area contributed by atoms with E-state index in [4.69, 9.17) is 0 Å².